The number of aromatic nitrogens is 2. The number of halogens is 2. The maximum absolute atomic E-state index is 13.5. The van der Waals surface area contributed by atoms with Crippen molar-refractivity contribution in [2.24, 2.45) is 0 Å². The van der Waals surface area contributed by atoms with Gasteiger partial charge in [0.2, 0.25) is 5.95 Å². The largest absolute Gasteiger partial charge is 0.311 e. The third kappa shape index (κ3) is 2.29. The van der Waals surface area contributed by atoms with Crippen molar-refractivity contribution in [1.29, 1.82) is 0 Å². The summed E-state index contributed by atoms with van der Waals surface area (Å²) >= 11 is 2.12. The highest BCUT2D eigenvalue weighted by molar-refractivity contribution is 14.1. The number of anilines is 2. The van der Waals surface area contributed by atoms with Crippen molar-refractivity contribution in [2.75, 3.05) is 11.9 Å². The number of para-hydroxylation sites is 1. The van der Waals surface area contributed by atoms with E-state index in [4.69, 9.17) is 0 Å². The van der Waals surface area contributed by atoms with Gasteiger partial charge in [0.1, 0.15) is 5.82 Å². The van der Waals surface area contributed by atoms with Crippen molar-refractivity contribution in [2.45, 2.75) is 0 Å². The molecule has 16 heavy (non-hydrogen) atoms. The summed E-state index contributed by atoms with van der Waals surface area (Å²) in [6.45, 7) is 0. The fraction of sp³-hybridized carbons (Fsp3) is 0.0909. The predicted octanol–water partition coefficient (Wildman–Crippen LogP) is 2.99. The monoisotopic (exact) mass is 329 g/mol. The predicted molar refractivity (Wildman–Crippen MR) is 69.2 cm³/mol. The van der Waals surface area contributed by atoms with Gasteiger partial charge in [-0.3, -0.25) is 0 Å². The van der Waals surface area contributed by atoms with Crippen LogP contribution in [0, 0.1) is 9.39 Å². The smallest absolute Gasteiger partial charge is 0.229 e. The number of rotatable bonds is 2. The summed E-state index contributed by atoms with van der Waals surface area (Å²) in [6.07, 6.45) is 3.39. The van der Waals surface area contributed by atoms with E-state index in [9.17, 15) is 4.39 Å². The fourth-order valence-corrected chi connectivity index (χ4v) is 1.59. The Kier molecular flexibility index (Phi) is 3.33. The Bertz CT molecular complexity index is 487. The molecule has 0 atom stereocenters. The van der Waals surface area contributed by atoms with Crippen LogP contribution in [0.2, 0.25) is 0 Å². The number of hydrogen-bond donors (Lipinski definition) is 0. The summed E-state index contributed by atoms with van der Waals surface area (Å²) in [5.41, 5.74) is 0.462. The number of hydrogen-bond acceptors (Lipinski definition) is 3. The lowest BCUT2D eigenvalue weighted by molar-refractivity contribution is 0.627. The molecule has 0 fully saturated rings. The standard InChI is InChI=1S/C11H9FIN3/c1-16(10-5-3-2-4-9(10)12)11-14-6-8(13)7-15-11/h2-7H,1H3. The topological polar surface area (TPSA) is 29.0 Å². The minimum atomic E-state index is -0.285. The molecule has 0 radical (unpaired) electrons. The van der Waals surface area contributed by atoms with E-state index in [0.29, 0.717) is 11.6 Å². The lowest BCUT2D eigenvalue weighted by atomic mass is 10.3. The average Bonchev–Trinajstić information content (AvgIpc) is 2.30. The molecule has 0 saturated heterocycles. The molecule has 0 amide bonds. The molecule has 0 aliphatic heterocycles. The van der Waals surface area contributed by atoms with E-state index in [2.05, 4.69) is 32.6 Å². The molecule has 0 N–H and O–H groups in total. The van der Waals surface area contributed by atoms with Gasteiger partial charge in [0.15, 0.2) is 0 Å². The molecule has 82 valence electrons. The first-order chi connectivity index (χ1) is 7.68. The second kappa shape index (κ2) is 4.73. The van der Waals surface area contributed by atoms with Gasteiger partial charge >= 0.3 is 0 Å². The summed E-state index contributed by atoms with van der Waals surface area (Å²) in [4.78, 5) is 9.89. The van der Waals surface area contributed by atoms with Gasteiger partial charge < -0.3 is 4.90 Å². The Morgan fingerprint density at radius 1 is 1.19 bits per heavy atom. The maximum atomic E-state index is 13.5. The van der Waals surface area contributed by atoms with E-state index in [1.807, 2.05) is 0 Å². The van der Waals surface area contributed by atoms with E-state index < -0.39 is 0 Å². The first-order valence-corrected chi connectivity index (χ1v) is 5.72. The molecule has 0 spiro atoms. The van der Waals surface area contributed by atoms with Gasteiger partial charge in [0.05, 0.1) is 5.69 Å². The minimum Gasteiger partial charge on any atom is -0.311 e. The summed E-state index contributed by atoms with van der Waals surface area (Å²) in [7, 11) is 1.74. The Hall–Kier alpha value is -1.24. The van der Waals surface area contributed by atoms with E-state index in [0.717, 1.165) is 3.57 Å². The van der Waals surface area contributed by atoms with Crippen LogP contribution in [0.3, 0.4) is 0 Å². The van der Waals surface area contributed by atoms with Crippen LogP contribution in [0.5, 0.6) is 0 Å². The fourth-order valence-electron chi connectivity index (χ4n) is 1.31. The molecule has 1 heterocycles. The molecular weight excluding hydrogens is 320 g/mol. The van der Waals surface area contributed by atoms with Crippen LogP contribution in [-0.4, -0.2) is 17.0 Å². The van der Waals surface area contributed by atoms with E-state index in [1.165, 1.54) is 6.07 Å². The van der Waals surface area contributed by atoms with Crippen LogP contribution >= 0.6 is 22.6 Å². The molecule has 1 aromatic heterocycles. The summed E-state index contributed by atoms with van der Waals surface area (Å²) in [5, 5.41) is 0. The highest BCUT2D eigenvalue weighted by atomic mass is 127. The first-order valence-electron chi connectivity index (χ1n) is 4.64. The summed E-state index contributed by atoms with van der Waals surface area (Å²) in [6, 6.07) is 6.54. The SMILES string of the molecule is CN(c1ncc(I)cn1)c1ccccc1F. The van der Waals surface area contributed by atoms with Crippen molar-refractivity contribution in [3.63, 3.8) is 0 Å². The van der Waals surface area contributed by atoms with Gasteiger partial charge in [-0.2, -0.15) is 0 Å². The van der Waals surface area contributed by atoms with E-state index in [-0.39, 0.29) is 5.82 Å². The van der Waals surface area contributed by atoms with Crippen LogP contribution in [0.25, 0.3) is 0 Å². The molecule has 2 aromatic rings. The molecule has 0 unspecified atom stereocenters. The maximum Gasteiger partial charge on any atom is 0.229 e. The summed E-state index contributed by atoms with van der Waals surface area (Å²) in [5.74, 6) is 0.192. The van der Waals surface area contributed by atoms with E-state index >= 15 is 0 Å². The lowest BCUT2D eigenvalue weighted by Crippen LogP contribution is -2.14. The molecule has 0 saturated carbocycles. The van der Waals surface area contributed by atoms with Crippen LogP contribution in [0.4, 0.5) is 16.0 Å². The highest BCUT2D eigenvalue weighted by Crippen LogP contribution is 2.22. The Morgan fingerprint density at radius 3 is 2.44 bits per heavy atom. The average molecular weight is 329 g/mol. The molecule has 3 nitrogen and oxygen atoms in total. The van der Waals surface area contributed by atoms with Crippen molar-refractivity contribution < 1.29 is 4.39 Å². The van der Waals surface area contributed by atoms with Crippen LogP contribution in [0.1, 0.15) is 0 Å². The number of benzene rings is 1. The molecule has 0 bridgehead atoms. The number of nitrogens with zero attached hydrogens (tertiary/aromatic N) is 3. The zero-order chi connectivity index (χ0) is 11.5. The Balaban J connectivity index is 2.35. The lowest BCUT2D eigenvalue weighted by Gasteiger charge is -2.17. The van der Waals surface area contributed by atoms with Crippen molar-refractivity contribution >= 4 is 34.2 Å². The first kappa shape index (κ1) is 11.3. The second-order valence-corrected chi connectivity index (χ2v) is 4.46. The third-order valence-corrected chi connectivity index (χ3v) is 2.68. The minimum absolute atomic E-state index is 0.285. The third-order valence-electron chi connectivity index (χ3n) is 2.12. The van der Waals surface area contributed by atoms with Crippen LogP contribution < -0.4 is 4.90 Å². The highest BCUT2D eigenvalue weighted by Gasteiger charge is 2.10. The normalized spacial score (nSPS) is 10.2. The molecule has 2 rings (SSSR count). The zero-order valence-corrected chi connectivity index (χ0v) is 10.7. The molecule has 0 aliphatic carbocycles. The molecule has 1 aromatic carbocycles. The second-order valence-electron chi connectivity index (χ2n) is 3.21. The molecule has 5 heteroatoms. The summed E-state index contributed by atoms with van der Waals surface area (Å²) < 4.78 is 14.5. The van der Waals surface area contributed by atoms with Gasteiger partial charge in [-0.25, -0.2) is 14.4 Å². The Labute approximate surface area is 106 Å². The van der Waals surface area contributed by atoms with Crippen molar-refractivity contribution in [3.05, 3.63) is 46.0 Å². The molecule has 0 aliphatic rings. The van der Waals surface area contributed by atoms with Gasteiger partial charge in [-0.05, 0) is 34.7 Å². The quantitative estimate of drug-likeness (QED) is 0.793. The van der Waals surface area contributed by atoms with Gasteiger partial charge in [0.25, 0.3) is 0 Å². The van der Waals surface area contributed by atoms with Crippen molar-refractivity contribution in [1.82, 2.24) is 9.97 Å². The van der Waals surface area contributed by atoms with Crippen LogP contribution in [-0.2, 0) is 0 Å². The molecular formula is C11H9FIN3. The van der Waals surface area contributed by atoms with Crippen molar-refractivity contribution in [3.8, 4) is 0 Å². The van der Waals surface area contributed by atoms with Gasteiger partial charge in [-0.1, -0.05) is 12.1 Å². The zero-order valence-electron chi connectivity index (χ0n) is 8.56. The van der Waals surface area contributed by atoms with Gasteiger partial charge in [-0.15, -0.1) is 0 Å². The van der Waals surface area contributed by atoms with Crippen LogP contribution in [0.15, 0.2) is 36.7 Å². The van der Waals surface area contributed by atoms with E-state index in [1.54, 1.807) is 42.5 Å². The van der Waals surface area contributed by atoms with Gasteiger partial charge in [0, 0.05) is 23.0 Å². The Morgan fingerprint density at radius 2 is 1.81 bits per heavy atom.